The summed E-state index contributed by atoms with van der Waals surface area (Å²) in [6, 6.07) is 8.55. The Labute approximate surface area is 183 Å². The van der Waals surface area contributed by atoms with E-state index in [1.165, 1.54) is 15.8 Å². The maximum Gasteiger partial charge on any atom is 0.277 e. The number of carbonyl (C=O) groups is 2. The fourth-order valence-electron chi connectivity index (χ4n) is 3.62. The molecule has 3 heterocycles. The van der Waals surface area contributed by atoms with Crippen molar-refractivity contribution in [3.8, 4) is 0 Å². The molecular weight excluding hydrogens is 420 g/mol. The number of nitrogens with zero attached hydrogens (tertiary/aromatic N) is 5. The number of pyridine rings is 1. The number of aryl methyl sites for hydroxylation is 3. The standard InChI is InChI=1S/C21H19ClN6O3/c1-11-6-15(4-5-17(11)22)27-10-18(26-31)28-19(21(27)30)16(9-23-28)20(29)25-14-7-12(2)24-13(3)8-14/h4-9,18H,10H2,1-3H3,(H,24,25,29)/t18-/m1/s1. The minimum atomic E-state index is -0.962. The van der Waals surface area contributed by atoms with E-state index >= 15 is 0 Å². The first kappa shape index (κ1) is 20.7. The summed E-state index contributed by atoms with van der Waals surface area (Å²) in [4.78, 5) is 43.5. The number of fused-ring (bicyclic) bond motifs is 1. The lowest BCUT2D eigenvalue weighted by Gasteiger charge is -2.31. The molecule has 1 aromatic carbocycles. The monoisotopic (exact) mass is 438 g/mol. The van der Waals surface area contributed by atoms with Crippen LogP contribution >= 0.6 is 11.6 Å². The molecule has 158 valence electrons. The van der Waals surface area contributed by atoms with E-state index in [0.29, 0.717) is 16.4 Å². The SMILES string of the molecule is Cc1cc(NC(=O)c2cnn3c2C(=O)N(c2ccc(Cl)c(C)c2)C[C@@H]3N=O)cc(C)n1. The average Bonchev–Trinajstić information content (AvgIpc) is 3.16. The minimum Gasteiger partial charge on any atom is -0.322 e. The molecule has 0 radical (unpaired) electrons. The van der Waals surface area contributed by atoms with Crippen LogP contribution in [0.2, 0.25) is 5.02 Å². The summed E-state index contributed by atoms with van der Waals surface area (Å²) in [6.07, 6.45) is 0.314. The van der Waals surface area contributed by atoms with Gasteiger partial charge in [0.05, 0.1) is 18.3 Å². The normalized spacial score (nSPS) is 15.5. The first-order valence-corrected chi connectivity index (χ1v) is 9.91. The van der Waals surface area contributed by atoms with Gasteiger partial charge in [-0.05, 0) is 61.8 Å². The Morgan fingerprint density at radius 2 is 1.90 bits per heavy atom. The lowest BCUT2D eigenvalue weighted by molar-refractivity contribution is 0.0937. The van der Waals surface area contributed by atoms with Gasteiger partial charge in [0.1, 0.15) is 5.69 Å². The molecule has 0 saturated heterocycles. The lowest BCUT2D eigenvalue weighted by atomic mass is 10.1. The van der Waals surface area contributed by atoms with Crippen molar-refractivity contribution < 1.29 is 9.59 Å². The first-order valence-electron chi connectivity index (χ1n) is 9.53. The van der Waals surface area contributed by atoms with Gasteiger partial charge in [0.15, 0.2) is 0 Å². The van der Waals surface area contributed by atoms with Crippen molar-refractivity contribution in [3.05, 3.63) is 74.7 Å². The third kappa shape index (κ3) is 3.79. The zero-order valence-electron chi connectivity index (χ0n) is 17.1. The zero-order chi connectivity index (χ0) is 22.3. The Hall–Kier alpha value is -3.59. The van der Waals surface area contributed by atoms with Crippen LogP contribution < -0.4 is 10.2 Å². The topological polar surface area (TPSA) is 110 Å². The van der Waals surface area contributed by atoms with Crippen LogP contribution in [-0.4, -0.2) is 33.1 Å². The third-order valence-corrected chi connectivity index (χ3v) is 5.45. The van der Waals surface area contributed by atoms with Gasteiger partial charge < -0.3 is 10.2 Å². The number of amides is 2. The number of benzene rings is 1. The molecular formula is C21H19ClN6O3. The molecule has 0 bridgehead atoms. The Bertz CT molecular complexity index is 1200. The van der Waals surface area contributed by atoms with E-state index in [9.17, 15) is 14.5 Å². The molecule has 1 aliphatic rings. The largest absolute Gasteiger partial charge is 0.322 e. The summed E-state index contributed by atoms with van der Waals surface area (Å²) in [5.74, 6) is -0.968. The Kier molecular flexibility index (Phi) is 5.28. The summed E-state index contributed by atoms with van der Waals surface area (Å²) in [5, 5.41) is 10.5. The molecule has 0 aliphatic carbocycles. The van der Waals surface area contributed by atoms with Gasteiger partial charge in [-0.3, -0.25) is 14.6 Å². The van der Waals surface area contributed by atoms with Gasteiger partial charge in [0, 0.05) is 27.8 Å². The number of rotatable bonds is 4. The third-order valence-electron chi connectivity index (χ3n) is 5.03. The van der Waals surface area contributed by atoms with Crippen LogP contribution in [-0.2, 0) is 0 Å². The van der Waals surface area contributed by atoms with E-state index in [2.05, 4.69) is 20.6 Å². The van der Waals surface area contributed by atoms with Gasteiger partial charge in [-0.25, -0.2) is 4.68 Å². The molecule has 0 saturated carbocycles. The highest BCUT2D eigenvalue weighted by Gasteiger charge is 2.37. The molecule has 1 atom stereocenters. The summed E-state index contributed by atoms with van der Waals surface area (Å²) < 4.78 is 1.20. The van der Waals surface area contributed by atoms with Crippen LogP contribution in [0.25, 0.3) is 0 Å². The maximum absolute atomic E-state index is 13.3. The molecule has 0 fully saturated rings. The van der Waals surface area contributed by atoms with Gasteiger partial charge in [0.25, 0.3) is 11.8 Å². The van der Waals surface area contributed by atoms with Crippen molar-refractivity contribution in [2.24, 2.45) is 5.18 Å². The van der Waals surface area contributed by atoms with E-state index in [-0.39, 0.29) is 17.8 Å². The first-order chi connectivity index (χ1) is 14.8. The van der Waals surface area contributed by atoms with Crippen molar-refractivity contribution in [1.29, 1.82) is 0 Å². The number of hydrogen-bond acceptors (Lipinski definition) is 6. The maximum atomic E-state index is 13.3. The summed E-state index contributed by atoms with van der Waals surface area (Å²) in [6.45, 7) is 5.46. The van der Waals surface area contributed by atoms with Gasteiger partial charge in [0.2, 0.25) is 6.17 Å². The summed E-state index contributed by atoms with van der Waals surface area (Å²) in [5.41, 5.74) is 3.44. The molecule has 1 aliphatic heterocycles. The molecule has 31 heavy (non-hydrogen) atoms. The smallest absolute Gasteiger partial charge is 0.277 e. The highest BCUT2D eigenvalue weighted by Crippen LogP contribution is 2.31. The average molecular weight is 439 g/mol. The van der Waals surface area contributed by atoms with Gasteiger partial charge in [-0.15, -0.1) is 4.91 Å². The molecule has 0 unspecified atom stereocenters. The predicted molar refractivity (Wildman–Crippen MR) is 117 cm³/mol. The lowest BCUT2D eigenvalue weighted by Crippen LogP contribution is -2.43. The van der Waals surface area contributed by atoms with Crippen molar-refractivity contribution in [1.82, 2.24) is 14.8 Å². The highest BCUT2D eigenvalue weighted by molar-refractivity contribution is 6.31. The molecule has 2 aromatic heterocycles. The molecule has 10 heteroatoms. The number of halogens is 1. The Morgan fingerprint density at radius 3 is 2.55 bits per heavy atom. The quantitative estimate of drug-likeness (QED) is 0.618. The number of aromatic nitrogens is 3. The number of carbonyl (C=O) groups excluding carboxylic acids is 2. The van der Waals surface area contributed by atoms with Crippen LogP contribution in [0, 0.1) is 25.7 Å². The fourth-order valence-corrected chi connectivity index (χ4v) is 3.74. The molecule has 9 nitrogen and oxygen atoms in total. The second-order valence-electron chi connectivity index (χ2n) is 7.38. The molecule has 2 amide bonds. The van der Waals surface area contributed by atoms with E-state index in [0.717, 1.165) is 17.0 Å². The van der Waals surface area contributed by atoms with E-state index in [1.54, 1.807) is 30.3 Å². The van der Waals surface area contributed by atoms with Crippen molar-refractivity contribution in [2.45, 2.75) is 26.9 Å². The van der Waals surface area contributed by atoms with Crippen molar-refractivity contribution in [3.63, 3.8) is 0 Å². The zero-order valence-corrected chi connectivity index (χ0v) is 17.8. The number of hydrogen-bond donors (Lipinski definition) is 1. The van der Waals surface area contributed by atoms with Gasteiger partial charge in [-0.1, -0.05) is 11.6 Å². The predicted octanol–water partition coefficient (Wildman–Crippen LogP) is 4.03. The Balaban J connectivity index is 1.72. The van der Waals surface area contributed by atoms with Gasteiger partial charge >= 0.3 is 0 Å². The van der Waals surface area contributed by atoms with E-state index in [1.807, 2.05) is 20.8 Å². The molecule has 3 aromatic rings. The molecule has 1 N–H and O–H groups in total. The van der Waals surface area contributed by atoms with E-state index in [4.69, 9.17) is 11.6 Å². The number of anilines is 2. The van der Waals surface area contributed by atoms with Crippen molar-refractivity contribution >= 4 is 34.8 Å². The van der Waals surface area contributed by atoms with E-state index < -0.39 is 18.0 Å². The minimum absolute atomic E-state index is 0.00187. The van der Waals surface area contributed by atoms with Crippen molar-refractivity contribution in [2.75, 3.05) is 16.8 Å². The van der Waals surface area contributed by atoms with Crippen LogP contribution in [0.1, 0.15) is 44.0 Å². The number of nitrogens with one attached hydrogen (secondary N) is 1. The number of nitroso groups, excluding NO2 is 1. The highest BCUT2D eigenvalue weighted by atomic mass is 35.5. The summed E-state index contributed by atoms with van der Waals surface area (Å²) >= 11 is 6.10. The second kappa shape index (κ2) is 7.92. The fraction of sp³-hybridized carbons (Fsp3) is 0.238. The Morgan fingerprint density at radius 1 is 1.19 bits per heavy atom. The van der Waals surface area contributed by atoms with Crippen LogP contribution in [0.15, 0.2) is 41.7 Å². The van der Waals surface area contributed by atoms with Crippen LogP contribution in [0.4, 0.5) is 11.4 Å². The molecule has 0 spiro atoms. The van der Waals surface area contributed by atoms with Gasteiger partial charge in [-0.2, -0.15) is 5.10 Å². The van der Waals surface area contributed by atoms with Crippen LogP contribution in [0.5, 0.6) is 0 Å². The molecule has 4 rings (SSSR count). The second-order valence-corrected chi connectivity index (χ2v) is 7.79. The summed E-state index contributed by atoms with van der Waals surface area (Å²) in [7, 11) is 0. The van der Waals surface area contributed by atoms with Crippen LogP contribution in [0.3, 0.4) is 0 Å².